The number of hydrogen-bond acceptors (Lipinski definition) is 5. The molecule has 0 atom stereocenters. The van der Waals surface area contributed by atoms with E-state index in [1.807, 2.05) is 0 Å². The van der Waals surface area contributed by atoms with E-state index >= 15 is 0 Å². The molecule has 2 aromatic rings. The molecule has 2 aliphatic heterocycles. The molecule has 2 saturated heterocycles. The predicted octanol–water partition coefficient (Wildman–Crippen LogP) is 3.64. The van der Waals surface area contributed by atoms with Crippen LogP contribution in [0.25, 0.3) is 0 Å². The SMILES string of the molecule is Clc1cnc(N2CCC(Oc3cccc(C4CCNCC4)c3)CC2)nc1. The highest BCUT2D eigenvalue weighted by molar-refractivity contribution is 6.30. The highest BCUT2D eigenvalue weighted by Gasteiger charge is 2.23. The molecule has 5 nitrogen and oxygen atoms in total. The molecule has 26 heavy (non-hydrogen) atoms. The van der Waals surface area contributed by atoms with Gasteiger partial charge >= 0.3 is 0 Å². The van der Waals surface area contributed by atoms with Crippen LogP contribution in [0.3, 0.4) is 0 Å². The third-order valence-corrected chi connectivity index (χ3v) is 5.50. The van der Waals surface area contributed by atoms with Crippen molar-refractivity contribution in [2.24, 2.45) is 0 Å². The number of benzene rings is 1. The molecule has 6 heteroatoms. The van der Waals surface area contributed by atoms with E-state index in [9.17, 15) is 0 Å². The lowest BCUT2D eigenvalue weighted by molar-refractivity contribution is 0.170. The van der Waals surface area contributed by atoms with Crippen molar-refractivity contribution in [1.82, 2.24) is 15.3 Å². The Labute approximate surface area is 159 Å². The Morgan fingerprint density at radius 3 is 2.50 bits per heavy atom. The number of nitrogens with zero attached hydrogens (tertiary/aromatic N) is 3. The van der Waals surface area contributed by atoms with E-state index in [4.69, 9.17) is 16.3 Å². The van der Waals surface area contributed by atoms with E-state index in [1.165, 1.54) is 18.4 Å². The van der Waals surface area contributed by atoms with Crippen molar-refractivity contribution < 1.29 is 4.74 Å². The second-order valence-electron chi connectivity index (χ2n) is 7.10. The Hall–Kier alpha value is -1.85. The van der Waals surface area contributed by atoms with Crippen LogP contribution in [0.2, 0.25) is 5.02 Å². The van der Waals surface area contributed by atoms with E-state index in [1.54, 1.807) is 12.4 Å². The molecule has 0 saturated carbocycles. The zero-order valence-electron chi connectivity index (χ0n) is 14.9. The Kier molecular flexibility index (Phi) is 5.56. The van der Waals surface area contributed by atoms with Gasteiger partial charge in [-0.05, 0) is 49.5 Å². The van der Waals surface area contributed by atoms with Gasteiger partial charge in [-0.25, -0.2) is 9.97 Å². The lowest BCUT2D eigenvalue weighted by Gasteiger charge is -2.32. The maximum absolute atomic E-state index is 6.29. The first-order valence-corrected chi connectivity index (χ1v) is 9.85. The van der Waals surface area contributed by atoms with Gasteiger partial charge in [0.2, 0.25) is 5.95 Å². The molecule has 0 amide bonds. The fourth-order valence-electron chi connectivity index (χ4n) is 3.83. The fourth-order valence-corrected chi connectivity index (χ4v) is 3.93. The second kappa shape index (κ2) is 8.23. The minimum atomic E-state index is 0.252. The summed E-state index contributed by atoms with van der Waals surface area (Å²) < 4.78 is 6.29. The Balaban J connectivity index is 1.33. The summed E-state index contributed by atoms with van der Waals surface area (Å²) in [5.74, 6) is 2.41. The highest BCUT2D eigenvalue weighted by Crippen LogP contribution is 2.29. The van der Waals surface area contributed by atoms with E-state index in [0.717, 1.165) is 50.7 Å². The van der Waals surface area contributed by atoms with Gasteiger partial charge in [-0.1, -0.05) is 23.7 Å². The van der Waals surface area contributed by atoms with Gasteiger partial charge < -0.3 is 15.0 Å². The minimum absolute atomic E-state index is 0.252. The predicted molar refractivity (Wildman–Crippen MR) is 104 cm³/mol. The third-order valence-electron chi connectivity index (χ3n) is 5.30. The van der Waals surface area contributed by atoms with Crippen molar-refractivity contribution in [1.29, 1.82) is 0 Å². The number of hydrogen-bond donors (Lipinski definition) is 1. The zero-order valence-corrected chi connectivity index (χ0v) is 15.7. The number of halogens is 1. The molecule has 2 aliphatic rings. The fraction of sp³-hybridized carbons (Fsp3) is 0.500. The van der Waals surface area contributed by atoms with Crippen LogP contribution in [0.1, 0.15) is 37.2 Å². The smallest absolute Gasteiger partial charge is 0.225 e. The molecule has 3 heterocycles. The lowest BCUT2D eigenvalue weighted by atomic mass is 9.90. The normalized spacial score (nSPS) is 19.5. The third kappa shape index (κ3) is 4.27. The van der Waals surface area contributed by atoms with E-state index in [0.29, 0.717) is 10.9 Å². The summed E-state index contributed by atoms with van der Waals surface area (Å²) in [6.45, 7) is 4.03. The van der Waals surface area contributed by atoms with E-state index in [-0.39, 0.29) is 6.10 Å². The quantitative estimate of drug-likeness (QED) is 0.887. The van der Waals surface area contributed by atoms with E-state index in [2.05, 4.69) is 44.5 Å². The number of piperidine rings is 2. The maximum Gasteiger partial charge on any atom is 0.225 e. The van der Waals surface area contributed by atoms with Crippen LogP contribution in [-0.4, -0.2) is 42.3 Å². The topological polar surface area (TPSA) is 50.3 Å². The molecular formula is C20H25ClN4O. The monoisotopic (exact) mass is 372 g/mol. The first-order chi connectivity index (χ1) is 12.8. The van der Waals surface area contributed by atoms with Crippen LogP contribution >= 0.6 is 11.6 Å². The largest absolute Gasteiger partial charge is 0.490 e. The molecule has 138 valence electrons. The molecule has 1 aromatic heterocycles. The molecule has 0 radical (unpaired) electrons. The van der Waals surface area contributed by atoms with Crippen molar-refractivity contribution in [3.05, 3.63) is 47.2 Å². The Bertz CT molecular complexity index is 710. The molecule has 1 aromatic carbocycles. The van der Waals surface area contributed by atoms with Gasteiger partial charge in [0.1, 0.15) is 11.9 Å². The molecular weight excluding hydrogens is 348 g/mol. The van der Waals surface area contributed by atoms with Crippen LogP contribution in [0, 0.1) is 0 Å². The van der Waals surface area contributed by atoms with Crippen molar-refractivity contribution in [3.8, 4) is 5.75 Å². The summed E-state index contributed by atoms with van der Waals surface area (Å²) in [5, 5.41) is 4.00. The average Bonchev–Trinajstić information content (AvgIpc) is 2.70. The van der Waals surface area contributed by atoms with Gasteiger partial charge in [0, 0.05) is 25.9 Å². The van der Waals surface area contributed by atoms with Crippen LogP contribution in [-0.2, 0) is 0 Å². The molecule has 2 fully saturated rings. The highest BCUT2D eigenvalue weighted by atomic mass is 35.5. The molecule has 1 N–H and O–H groups in total. The average molecular weight is 373 g/mol. The summed E-state index contributed by atoms with van der Waals surface area (Å²) in [4.78, 5) is 10.8. The van der Waals surface area contributed by atoms with Crippen molar-refractivity contribution in [3.63, 3.8) is 0 Å². The number of anilines is 1. The number of ether oxygens (including phenoxy) is 1. The van der Waals surface area contributed by atoms with Crippen LogP contribution < -0.4 is 15.0 Å². The number of rotatable bonds is 4. The first kappa shape index (κ1) is 17.6. The second-order valence-corrected chi connectivity index (χ2v) is 7.54. The van der Waals surface area contributed by atoms with Gasteiger partial charge in [-0.2, -0.15) is 0 Å². The van der Waals surface area contributed by atoms with Crippen LogP contribution in [0.4, 0.5) is 5.95 Å². The van der Waals surface area contributed by atoms with Crippen LogP contribution in [0.5, 0.6) is 5.75 Å². The summed E-state index contributed by atoms with van der Waals surface area (Å²) in [7, 11) is 0. The molecule has 4 rings (SSSR count). The number of aromatic nitrogens is 2. The van der Waals surface area contributed by atoms with Gasteiger partial charge in [0.25, 0.3) is 0 Å². The van der Waals surface area contributed by atoms with Crippen molar-refractivity contribution >= 4 is 17.5 Å². The molecule has 0 spiro atoms. The van der Waals surface area contributed by atoms with E-state index < -0.39 is 0 Å². The summed E-state index contributed by atoms with van der Waals surface area (Å²) in [5.41, 5.74) is 1.41. The molecule has 0 bridgehead atoms. The standard InChI is InChI=1S/C20H25ClN4O/c21-17-13-23-20(24-14-17)25-10-6-18(7-11-25)26-19-3-1-2-16(12-19)15-4-8-22-9-5-15/h1-3,12-15,18,22H,4-11H2. The van der Waals surface area contributed by atoms with Gasteiger partial charge in [0.15, 0.2) is 0 Å². The lowest BCUT2D eigenvalue weighted by Crippen LogP contribution is -2.39. The molecule has 0 aliphatic carbocycles. The zero-order chi connectivity index (χ0) is 17.8. The summed E-state index contributed by atoms with van der Waals surface area (Å²) in [6, 6.07) is 8.69. The maximum atomic E-state index is 6.29. The minimum Gasteiger partial charge on any atom is -0.490 e. The van der Waals surface area contributed by atoms with Crippen LogP contribution in [0.15, 0.2) is 36.7 Å². The van der Waals surface area contributed by atoms with Crippen molar-refractivity contribution in [2.45, 2.75) is 37.7 Å². The van der Waals surface area contributed by atoms with Gasteiger partial charge in [-0.3, -0.25) is 0 Å². The Morgan fingerprint density at radius 1 is 1.04 bits per heavy atom. The number of nitrogens with one attached hydrogen (secondary N) is 1. The Morgan fingerprint density at radius 2 is 1.77 bits per heavy atom. The van der Waals surface area contributed by atoms with Gasteiger partial charge in [0.05, 0.1) is 17.4 Å². The summed E-state index contributed by atoms with van der Waals surface area (Å²) in [6.07, 6.45) is 7.93. The molecule has 0 unspecified atom stereocenters. The summed E-state index contributed by atoms with van der Waals surface area (Å²) >= 11 is 5.87. The van der Waals surface area contributed by atoms with Crippen molar-refractivity contribution in [2.75, 3.05) is 31.1 Å². The first-order valence-electron chi connectivity index (χ1n) is 9.48. The van der Waals surface area contributed by atoms with Gasteiger partial charge in [-0.15, -0.1) is 0 Å².